The molecular weight excluding hydrogens is 318 g/mol. The lowest BCUT2D eigenvalue weighted by molar-refractivity contribution is 0.0734. The maximum absolute atomic E-state index is 13.0. The number of likely N-dealkylation sites (N-methyl/N-ethyl adjacent to an activating group) is 1. The molecule has 0 saturated carbocycles. The first-order chi connectivity index (χ1) is 12.0. The number of pyridine rings is 1. The molecule has 0 fully saturated rings. The monoisotopic (exact) mass is 339 g/mol. The summed E-state index contributed by atoms with van der Waals surface area (Å²) in [4.78, 5) is 19.1. The summed E-state index contributed by atoms with van der Waals surface area (Å²) in [5.74, 6) is -0.163. The lowest BCUT2D eigenvalue weighted by Crippen LogP contribution is -2.33. The average Bonchev–Trinajstić information content (AvgIpc) is 3.00. The minimum absolute atomic E-state index is 0.0821. The smallest absolute Gasteiger partial charge is 0.259 e. The minimum atomic E-state index is -0.163. The van der Waals surface area contributed by atoms with Crippen molar-refractivity contribution in [3.63, 3.8) is 0 Å². The summed E-state index contributed by atoms with van der Waals surface area (Å²) in [7, 11) is 0. The van der Waals surface area contributed by atoms with Gasteiger partial charge < -0.3 is 14.5 Å². The van der Waals surface area contributed by atoms with Gasteiger partial charge in [-0.15, -0.1) is 0 Å². The largest absolute Gasteiger partial charge is 0.395 e. The first kappa shape index (κ1) is 17.1. The highest BCUT2D eigenvalue weighted by atomic mass is 16.5. The number of amides is 1. The quantitative estimate of drug-likeness (QED) is 0.773. The molecule has 0 spiro atoms. The molecule has 1 N–H and O–H groups in total. The fourth-order valence-corrected chi connectivity index (χ4v) is 2.83. The van der Waals surface area contributed by atoms with Gasteiger partial charge in [-0.1, -0.05) is 35.0 Å². The van der Waals surface area contributed by atoms with E-state index in [4.69, 9.17) is 4.52 Å². The van der Waals surface area contributed by atoms with Crippen LogP contribution < -0.4 is 0 Å². The molecule has 3 aromatic rings. The molecule has 0 saturated heterocycles. The summed E-state index contributed by atoms with van der Waals surface area (Å²) in [6, 6.07) is 9.70. The van der Waals surface area contributed by atoms with Crippen molar-refractivity contribution in [2.45, 2.75) is 20.8 Å². The number of aryl methyl sites for hydroxylation is 2. The highest BCUT2D eigenvalue weighted by Crippen LogP contribution is 2.28. The predicted molar refractivity (Wildman–Crippen MR) is 95.4 cm³/mol. The Balaban J connectivity index is 2.16. The van der Waals surface area contributed by atoms with Gasteiger partial charge in [0.25, 0.3) is 11.6 Å². The molecule has 0 radical (unpaired) electrons. The number of fused-ring (bicyclic) bond motifs is 1. The van der Waals surface area contributed by atoms with E-state index in [2.05, 4.69) is 10.1 Å². The normalized spacial score (nSPS) is 11.0. The van der Waals surface area contributed by atoms with Crippen LogP contribution in [0.25, 0.3) is 22.4 Å². The third-order valence-corrected chi connectivity index (χ3v) is 4.23. The molecule has 25 heavy (non-hydrogen) atoms. The highest BCUT2D eigenvalue weighted by Gasteiger charge is 2.22. The van der Waals surface area contributed by atoms with E-state index >= 15 is 0 Å². The second kappa shape index (κ2) is 7.03. The zero-order chi connectivity index (χ0) is 18.0. The molecule has 1 aromatic carbocycles. The van der Waals surface area contributed by atoms with Crippen molar-refractivity contribution < 1.29 is 14.4 Å². The van der Waals surface area contributed by atoms with Crippen molar-refractivity contribution in [3.8, 4) is 11.3 Å². The van der Waals surface area contributed by atoms with Gasteiger partial charge in [0.05, 0.1) is 28.9 Å². The van der Waals surface area contributed by atoms with Crippen LogP contribution in [0, 0.1) is 13.8 Å². The molecule has 130 valence electrons. The number of aliphatic hydroxyl groups is 1. The molecule has 2 aromatic heterocycles. The van der Waals surface area contributed by atoms with Crippen molar-refractivity contribution in [1.82, 2.24) is 15.0 Å². The van der Waals surface area contributed by atoms with E-state index < -0.39 is 0 Å². The van der Waals surface area contributed by atoms with E-state index in [1.54, 1.807) is 17.9 Å². The van der Waals surface area contributed by atoms with Crippen LogP contribution in [0.1, 0.15) is 28.5 Å². The summed E-state index contributed by atoms with van der Waals surface area (Å²) in [5, 5.41) is 13.8. The predicted octanol–water partition coefficient (Wildman–Crippen LogP) is 2.96. The Hall–Kier alpha value is -2.73. The van der Waals surface area contributed by atoms with Crippen LogP contribution in [-0.2, 0) is 0 Å². The van der Waals surface area contributed by atoms with Crippen molar-refractivity contribution in [2.24, 2.45) is 0 Å². The molecular formula is C19H21N3O3. The third kappa shape index (κ3) is 3.25. The molecule has 3 rings (SSSR count). The second-order valence-electron chi connectivity index (χ2n) is 5.98. The number of rotatable bonds is 5. The van der Waals surface area contributed by atoms with Crippen LogP contribution in [0.5, 0.6) is 0 Å². The van der Waals surface area contributed by atoms with E-state index in [1.807, 2.05) is 38.1 Å². The number of carbonyl (C=O) groups is 1. The molecule has 0 aliphatic heterocycles. The maximum atomic E-state index is 13.0. The lowest BCUT2D eigenvalue weighted by Gasteiger charge is -2.20. The van der Waals surface area contributed by atoms with Crippen LogP contribution >= 0.6 is 0 Å². The van der Waals surface area contributed by atoms with Gasteiger partial charge in [-0.05, 0) is 26.8 Å². The molecule has 2 heterocycles. The third-order valence-electron chi connectivity index (χ3n) is 4.23. The van der Waals surface area contributed by atoms with E-state index in [9.17, 15) is 9.90 Å². The summed E-state index contributed by atoms with van der Waals surface area (Å²) in [6.07, 6.45) is 0. The van der Waals surface area contributed by atoms with Gasteiger partial charge in [-0.2, -0.15) is 0 Å². The fraction of sp³-hybridized carbons (Fsp3) is 0.316. The van der Waals surface area contributed by atoms with Crippen LogP contribution in [0.4, 0.5) is 0 Å². The molecule has 0 atom stereocenters. The summed E-state index contributed by atoms with van der Waals surface area (Å²) in [6.45, 7) is 6.40. The second-order valence-corrected chi connectivity index (χ2v) is 5.98. The van der Waals surface area contributed by atoms with Crippen LogP contribution in [0.3, 0.4) is 0 Å². The average molecular weight is 339 g/mol. The van der Waals surface area contributed by atoms with Crippen LogP contribution in [0.2, 0.25) is 0 Å². The molecule has 0 aliphatic carbocycles. The molecule has 6 nitrogen and oxygen atoms in total. The fourth-order valence-electron chi connectivity index (χ4n) is 2.83. The zero-order valence-electron chi connectivity index (χ0n) is 14.6. The number of hydrogen-bond acceptors (Lipinski definition) is 5. The van der Waals surface area contributed by atoms with Crippen molar-refractivity contribution >= 4 is 17.0 Å². The number of benzene rings is 1. The SMILES string of the molecule is CCN(CCO)C(=O)c1cc(-c2ccc(C)cc2)nc2onc(C)c12. The Morgan fingerprint density at radius 1 is 1.24 bits per heavy atom. The summed E-state index contributed by atoms with van der Waals surface area (Å²) < 4.78 is 5.32. The molecule has 6 heteroatoms. The topological polar surface area (TPSA) is 79.5 Å². The number of carbonyl (C=O) groups excluding carboxylic acids is 1. The summed E-state index contributed by atoms with van der Waals surface area (Å²) in [5.41, 5.74) is 4.18. The van der Waals surface area contributed by atoms with E-state index in [1.165, 1.54) is 0 Å². The number of aromatic nitrogens is 2. The van der Waals surface area contributed by atoms with Crippen molar-refractivity contribution in [1.29, 1.82) is 0 Å². The summed E-state index contributed by atoms with van der Waals surface area (Å²) >= 11 is 0. The maximum Gasteiger partial charge on any atom is 0.259 e. The van der Waals surface area contributed by atoms with Gasteiger partial charge in [0.15, 0.2) is 0 Å². The number of nitrogens with zero attached hydrogens (tertiary/aromatic N) is 3. The molecule has 1 amide bonds. The van der Waals surface area contributed by atoms with Gasteiger partial charge in [0.1, 0.15) is 0 Å². The molecule has 0 bridgehead atoms. The van der Waals surface area contributed by atoms with Gasteiger partial charge in [-0.3, -0.25) is 4.79 Å². The Labute approximate surface area is 146 Å². The Morgan fingerprint density at radius 2 is 1.96 bits per heavy atom. The van der Waals surface area contributed by atoms with Crippen LogP contribution in [-0.4, -0.2) is 45.8 Å². The standard InChI is InChI=1S/C19H21N3O3/c1-4-22(9-10-23)19(24)15-11-16(14-7-5-12(2)6-8-14)20-18-17(15)13(3)21-25-18/h5-8,11,23H,4,9-10H2,1-3H3. The van der Waals surface area contributed by atoms with Gasteiger partial charge in [-0.25, -0.2) is 4.98 Å². The number of hydrogen-bond donors (Lipinski definition) is 1. The Kier molecular flexibility index (Phi) is 4.81. The Morgan fingerprint density at radius 3 is 2.60 bits per heavy atom. The van der Waals surface area contributed by atoms with E-state index in [0.29, 0.717) is 34.6 Å². The Bertz CT molecular complexity index is 900. The van der Waals surface area contributed by atoms with Crippen LogP contribution in [0.15, 0.2) is 34.9 Å². The molecule has 0 aliphatic rings. The number of aliphatic hydroxyl groups excluding tert-OH is 1. The van der Waals surface area contributed by atoms with Crippen molar-refractivity contribution in [3.05, 3.63) is 47.2 Å². The first-order valence-corrected chi connectivity index (χ1v) is 8.29. The first-order valence-electron chi connectivity index (χ1n) is 8.29. The zero-order valence-corrected chi connectivity index (χ0v) is 14.6. The van der Waals surface area contributed by atoms with Gasteiger partial charge in [0, 0.05) is 18.7 Å². The highest BCUT2D eigenvalue weighted by molar-refractivity contribution is 6.07. The minimum Gasteiger partial charge on any atom is -0.395 e. The van der Waals surface area contributed by atoms with Gasteiger partial charge in [0.2, 0.25) is 0 Å². The van der Waals surface area contributed by atoms with Gasteiger partial charge >= 0.3 is 0 Å². The van der Waals surface area contributed by atoms with E-state index in [0.717, 1.165) is 11.1 Å². The lowest BCUT2D eigenvalue weighted by atomic mass is 10.0. The van der Waals surface area contributed by atoms with E-state index in [-0.39, 0.29) is 19.1 Å². The van der Waals surface area contributed by atoms with Crippen molar-refractivity contribution in [2.75, 3.05) is 19.7 Å². The molecule has 0 unspecified atom stereocenters.